The van der Waals surface area contributed by atoms with E-state index in [-0.39, 0.29) is 17.4 Å². The van der Waals surface area contributed by atoms with Crippen LogP contribution in [0, 0.1) is 5.92 Å². The molecule has 0 unspecified atom stereocenters. The average Bonchev–Trinajstić information content (AvgIpc) is 2.34. The van der Waals surface area contributed by atoms with Crippen molar-refractivity contribution in [2.45, 2.75) is 18.7 Å². The summed E-state index contributed by atoms with van der Waals surface area (Å²) in [6.07, 6.45) is 0. The van der Waals surface area contributed by atoms with E-state index in [9.17, 15) is 13.2 Å². The number of benzene rings is 1. The molecule has 0 atom stereocenters. The van der Waals surface area contributed by atoms with Crippen LogP contribution in [0.2, 0.25) is 0 Å². The molecule has 19 heavy (non-hydrogen) atoms. The van der Waals surface area contributed by atoms with Crippen molar-refractivity contribution in [3.8, 4) is 5.75 Å². The fourth-order valence-electron chi connectivity index (χ4n) is 1.23. The Morgan fingerprint density at radius 3 is 2.37 bits per heavy atom. The molecule has 6 nitrogen and oxygen atoms in total. The zero-order valence-electron chi connectivity index (χ0n) is 10.9. The van der Waals surface area contributed by atoms with Crippen LogP contribution in [0.4, 0.5) is 0 Å². The third-order valence-corrected chi connectivity index (χ3v) is 3.64. The van der Waals surface area contributed by atoms with Gasteiger partial charge in [-0.15, -0.1) is 0 Å². The summed E-state index contributed by atoms with van der Waals surface area (Å²) in [5.74, 6) is 0.0323. The molecule has 0 radical (unpaired) electrons. The zero-order valence-corrected chi connectivity index (χ0v) is 11.7. The second kappa shape index (κ2) is 6.53. The Bertz CT molecular complexity index is 523. The van der Waals surface area contributed by atoms with Crippen LogP contribution >= 0.6 is 0 Å². The Morgan fingerprint density at radius 1 is 1.32 bits per heavy atom. The van der Waals surface area contributed by atoms with Crippen molar-refractivity contribution < 1.29 is 17.9 Å². The Hall–Kier alpha value is -1.60. The maximum atomic E-state index is 11.9. The van der Waals surface area contributed by atoms with Crippen molar-refractivity contribution in [3.05, 3.63) is 24.3 Å². The first kappa shape index (κ1) is 15.5. The van der Waals surface area contributed by atoms with Crippen LogP contribution in [0.5, 0.6) is 5.75 Å². The highest BCUT2D eigenvalue weighted by molar-refractivity contribution is 7.89. The van der Waals surface area contributed by atoms with E-state index in [1.165, 1.54) is 24.3 Å². The highest BCUT2D eigenvalue weighted by Gasteiger charge is 2.14. The highest BCUT2D eigenvalue weighted by atomic mass is 32.2. The maximum absolute atomic E-state index is 11.9. The van der Waals surface area contributed by atoms with E-state index in [1.807, 2.05) is 13.8 Å². The lowest BCUT2D eigenvalue weighted by atomic mass is 10.2. The monoisotopic (exact) mass is 286 g/mol. The number of hydrogen-bond donors (Lipinski definition) is 2. The first-order chi connectivity index (χ1) is 8.81. The van der Waals surface area contributed by atoms with Crippen molar-refractivity contribution in [2.24, 2.45) is 11.7 Å². The predicted molar refractivity (Wildman–Crippen MR) is 71.2 cm³/mol. The van der Waals surface area contributed by atoms with Crippen molar-refractivity contribution in [1.82, 2.24) is 4.72 Å². The topological polar surface area (TPSA) is 98.5 Å². The summed E-state index contributed by atoms with van der Waals surface area (Å²) < 4.78 is 31.3. The maximum Gasteiger partial charge on any atom is 0.255 e. The van der Waals surface area contributed by atoms with Crippen LogP contribution in [0.1, 0.15) is 13.8 Å². The Morgan fingerprint density at radius 2 is 1.89 bits per heavy atom. The van der Waals surface area contributed by atoms with E-state index >= 15 is 0 Å². The standard InChI is InChI=1S/C12H18N2O4S/c1-9(2)7-14-19(16,17)11-5-3-10(4-6-11)18-8-12(13)15/h3-6,9,14H,7-8H2,1-2H3,(H2,13,15). The molecule has 0 aromatic heterocycles. The van der Waals surface area contributed by atoms with Gasteiger partial charge >= 0.3 is 0 Å². The average molecular weight is 286 g/mol. The molecule has 1 aromatic rings. The first-order valence-corrected chi connectivity index (χ1v) is 7.30. The fraction of sp³-hybridized carbons (Fsp3) is 0.417. The van der Waals surface area contributed by atoms with Gasteiger partial charge in [0, 0.05) is 6.54 Å². The Balaban J connectivity index is 2.72. The minimum absolute atomic E-state index is 0.152. The van der Waals surface area contributed by atoms with Gasteiger partial charge in [-0.2, -0.15) is 0 Å². The van der Waals surface area contributed by atoms with Crippen LogP contribution in [0.3, 0.4) is 0 Å². The van der Waals surface area contributed by atoms with Gasteiger partial charge < -0.3 is 10.5 Å². The van der Waals surface area contributed by atoms with E-state index in [4.69, 9.17) is 10.5 Å². The fourth-order valence-corrected chi connectivity index (χ4v) is 2.44. The zero-order chi connectivity index (χ0) is 14.5. The van der Waals surface area contributed by atoms with Crippen molar-refractivity contribution in [1.29, 1.82) is 0 Å². The van der Waals surface area contributed by atoms with Crippen molar-refractivity contribution in [3.63, 3.8) is 0 Å². The number of primary amides is 1. The van der Waals surface area contributed by atoms with Crippen molar-refractivity contribution in [2.75, 3.05) is 13.2 Å². The van der Waals surface area contributed by atoms with E-state index < -0.39 is 15.9 Å². The summed E-state index contributed by atoms with van der Waals surface area (Å²) in [5.41, 5.74) is 4.94. The molecule has 0 aliphatic rings. The minimum Gasteiger partial charge on any atom is -0.484 e. The highest BCUT2D eigenvalue weighted by Crippen LogP contribution is 2.15. The SMILES string of the molecule is CC(C)CNS(=O)(=O)c1ccc(OCC(N)=O)cc1. The normalized spacial score (nSPS) is 11.5. The van der Waals surface area contributed by atoms with Crippen LogP contribution < -0.4 is 15.2 Å². The molecule has 0 aliphatic carbocycles. The second-order valence-electron chi connectivity index (χ2n) is 4.47. The van der Waals surface area contributed by atoms with Gasteiger partial charge in [0.2, 0.25) is 10.0 Å². The second-order valence-corrected chi connectivity index (χ2v) is 6.24. The Kier molecular flexibility index (Phi) is 5.31. The predicted octanol–water partition coefficient (Wildman–Crippen LogP) is 0.485. The van der Waals surface area contributed by atoms with Gasteiger partial charge in [0.25, 0.3) is 5.91 Å². The largest absolute Gasteiger partial charge is 0.484 e. The molecule has 1 rings (SSSR count). The van der Waals surface area contributed by atoms with Gasteiger partial charge in [-0.1, -0.05) is 13.8 Å². The number of sulfonamides is 1. The molecule has 0 saturated carbocycles. The molecule has 106 valence electrons. The van der Waals surface area contributed by atoms with Gasteiger partial charge in [0.15, 0.2) is 6.61 Å². The summed E-state index contributed by atoms with van der Waals surface area (Å²) in [7, 11) is -3.50. The van der Waals surface area contributed by atoms with Crippen LogP contribution in [0.25, 0.3) is 0 Å². The summed E-state index contributed by atoms with van der Waals surface area (Å²) in [6, 6.07) is 5.79. The number of ether oxygens (including phenoxy) is 1. The lowest BCUT2D eigenvalue weighted by molar-refractivity contribution is -0.119. The smallest absolute Gasteiger partial charge is 0.255 e. The van der Waals surface area contributed by atoms with E-state index in [0.717, 1.165) is 0 Å². The molecule has 0 saturated heterocycles. The number of nitrogens with one attached hydrogen (secondary N) is 1. The third-order valence-electron chi connectivity index (χ3n) is 2.20. The van der Waals surface area contributed by atoms with Gasteiger partial charge in [-0.05, 0) is 30.2 Å². The van der Waals surface area contributed by atoms with Gasteiger partial charge in [0.05, 0.1) is 4.90 Å². The number of rotatable bonds is 7. The molecule has 1 amide bonds. The summed E-state index contributed by atoms with van der Waals surface area (Å²) in [4.78, 5) is 10.7. The molecular weight excluding hydrogens is 268 g/mol. The van der Waals surface area contributed by atoms with E-state index in [2.05, 4.69) is 4.72 Å². The lowest BCUT2D eigenvalue weighted by Crippen LogP contribution is -2.27. The lowest BCUT2D eigenvalue weighted by Gasteiger charge is -2.09. The number of hydrogen-bond acceptors (Lipinski definition) is 4. The summed E-state index contributed by atoms with van der Waals surface area (Å²) >= 11 is 0. The molecule has 3 N–H and O–H groups in total. The molecule has 0 aliphatic heterocycles. The molecular formula is C12H18N2O4S. The minimum atomic E-state index is -3.50. The number of amides is 1. The summed E-state index contributed by atoms with van der Waals surface area (Å²) in [5, 5.41) is 0. The molecule has 7 heteroatoms. The molecule has 0 spiro atoms. The van der Waals surface area contributed by atoms with Crippen LogP contribution in [0.15, 0.2) is 29.2 Å². The van der Waals surface area contributed by atoms with Crippen LogP contribution in [-0.4, -0.2) is 27.5 Å². The van der Waals surface area contributed by atoms with Gasteiger partial charge in [0.1, 0.15) is 5.75 Å². The van der Waals surface area contributed by atoms with E-state index in [0.29, 0.717) is 12.3 Å². The molecule has 0 bridgehead atoms. The van der Waals surface area contributed by atoms with Gasteiger partial charge in [-0.3, -0.25) is 4.79 Å². The molecule has 0 heterocycles. The van der Waals surface area contributed by atoms with E-state index in [1.54, 1.807) is 0 Å². The Labute approximate surface area is 113 Å². The quantitative estimate of drug-likeness (QED) is 0.762. The van der Waals surface area contributed by atoms with Crippen molar-refractivity contribution >= 4 is 15.9 Å². The third kappa shape index (κ3) is 5.27. The number of nitrogens with two attached hydrogens (primary N) is 1. The number of carbonyl (C=O) groups is 1. The van der Waals surface area contributed by atoms with Crippen LogP contribution in [-0.2, 0) is 14.8 Å². The summed E-state index contributed by atoms with van der Waals surface area (Å²) in [6.45, 7) is 3.98. The molecule has 1 aromatic carbocycles. The number of carbonyl (C=O) groups excluding carboxylic acids is 1. The van der Waals surface area contributed by atoms with Gasteiger partial charge in [-0.25, -0.2) is 13.1 Å². The molecule has 0 fully saturated rings. The first-order valence-electron chi connectivity index (χ1n) is 5.82.